The van der Waals surface area contributed by atoms with E-state index in [0.29, 0.717) is 5.56 Å². The molecule has 1 amide bonds. The summed E-state index contributed by atoms with van der Waals surface area (Å²) in [6, 6.07) is 4.15. The standard InChI is InChI=1S/C14H16F3NO3/c1-9(18-12(19)6-3-7-13(20)21)10-4-2-5-11(8-10)14(15,16)17/h2,4-5,8-9H,3,6-7H2,1H3,(H,18,19)(H,20,21). The van der Waals surface area contributed by atoms with Crippen molar-refractivity contribution in [3.63, 3.8) is 0 Å². The Labute approximate surface area is 120 Å². The van der Waals surface area contributed by atoms with E-state index in [-0.39, 0.29) is 25.2 Å². The zero-order chi connectivity index (χ0) is 16.0. The van der Waals surface area contributed by atoms with E-state index < -0.39 is 23.8 Å². The van der Waals surface area contributed by atoms with Crippen LogP contribution in [0.2, 0.25) is 0 Å². The molecule has 0 aliphatic carbocycles. The predicted octanol–water partition coefficient (Wildman–Crippen LogP) is 3.14. The summed E-state index contributed by atoms with van der Waals surface area (Å²) in [4.78, 5) is 21.9. The molecule has 0 saturated heterocycles. The van der Waals surface area contributed by atoms with Gasteiger partial charge in [0.25, 0.3) is 0 Å². The highest BCUT2D eigenvalue weighted by Gasteiger charge is 2.30. The average Bonchev–Trinajstić information content (AvgIpc) is 2.37. The molecule has 0 fully saturated rings. The highest BCUT2D eigenvalue weighted by atomic mass is 19.4. The molecule has 7 heteroatoms. The molecule has 1 aromatic rings. The minimum Gasteiger partial charge on any atom is -0.481 e. The summed E-state index contributed by atoms with van der Waals surface area (Å²) in [5.74, 6) is -1.38. The number of aliphatic carboxylic acids is 1. The molecular formula is C14H16F3NO3. The van der Waals surface area contributed by atoms with Gasteiger partial charge >= 0.3 is 12.1 Å². The number of carbonyl (C=O) groups is 2. The van der Waals surface area contributed by atoms with E-state index in [1.807, 2.05) is 0 Å². The Bertz CT molecular complexity index is 514. The van der Waals surface area contributed by atoms with Gasteiger partial charge in [-0.3, -0.25) is 9.59 Å². The number of benzene rings is 1. The Balaban J connectivity index is 2.61. The van der Waals surface area contributed by atoms with Crippen LogP contribution in [0, 0.1) is 0 Å². The van der Waals surface area contributed by atoms with Crippen molar-refractivity contribution in [2.45, 2.75) is 38.4 Å². The van der Waals surface area contributed by atoms with Crippen LogP contribution in [0.3, 0.4) is 0 Å². The maximum absolute atomic E-state index is 12.6. The van der Waals surface area contributed by atoms with Crippen molar-refractivity contribution in [3.05, 3.63) is 35.4 Å². The van der Waals surface area contributed by atoms with E-state index >= 15 is 0 Å². The molecule has 0 aliphatic heterocycles. The van der Waals surface area contributed by atoms with Crippen molar-refractivity contribution >= 4 is 11.9 Å². The fourth-order valence-electron chi connectivity index (χ4n) is 1.78. The zero-order valence-electron chi connectivity index (χ0n) is 11.4. The van der Waals surface area contributed by atoms with E-state index in [1.165, 1.54) is 12.1 Å². The number of carboxylic acid groups (broad SMARTS) is 1. The van der Waals surface area contributed by atoms with Gasteiger partial charge in [0, 0.05) is 12.8 Å². The Hall–Kier alpha value is -2.05. The van der Waals surface area contributed by atoms with Crippen LogP contribution in [0.15, 0.2) is 24.3 Å². The lowest BCUT2D eigenvalue weighted by atomic mass is 10.0. The molecule has 0 spiro atoms. The molecule has 0 heterocycles. The van der Waals surface area contributed by atoms with Crippen LogP contribution in [0.25, 0.3) is 0 Å². The van der Waals surface area contributed by atoms with Crippen LogP contribution >= 0.6 is 0 Å². The first-order valence-corrected chi connectivity index (χ1v) is 6.38. The van der Waals surface area contributed by atoms with Crippen molar-refractivity contribution in [2.24, 2.45) is 0 Å². The maximum atomic E-state index is 12.6. The number of rotatable bonds is 6. The van der Waals surface area contributed by atoms with Gasteiger partial charge in [-0.15, -0.1) is 0 Å². The van der Waals surface area contributed by atoms with Crippen LogP contribution in [-0.2, 0) is 15.8 Å². The minimum atomic E-state index is -4.43. The SMILES string of the molecule is CC(NC(=O)CCCC(=O)O)c1cccc(C(F)(F)F)c1. The fraction of sp³-hybridized carbons (Fsp3) is 0.429. The monoisotopic (exact) mass is 303 g/mol. The van der Waals surface area contributed by atoms with Crippen LogP contribution < -0.4 is 5.32 Å². The third kappa shape index (κ3) is 5.85. The Kier molecular flexibility index (Phi) is 5.75. The van der Waals surface area contributed by atoms with E-state index in [0.717, 1.165) is 12.1 Å². The van der Waals surface area contributed by atoms with E-state index in [2.05, 4.69) is 5.32 Å². The van der Waals surface area contributed by atoms with Crippen LogP contribution in [-0.4, -0.2) is 17.0 Å². The summed E-state index contributed by atoms with van der Waals surface area (Å²) >= 11 is 0. The van der Waals surface area contributed by atoms with Crippen molar-refractivity contribution in [1.29, 1.82) is 0 Å². The third-order valence-corrected chi connectivity index (χ3v) is 2.89. The van der Waals surface area contributed by atoms with Crippen LogP contribution in [0.5, 0.6) is 0 Å². The minimum absolute atomic E-state index is 0.0234. The summed E-state index contributed by atoms with van der Waals surface area (Å²) in [5, 5.41) is 11.0. The van der Waals surface area contributed by atoms with Crippen molar-refractivity contribution in [3.8, 4) is 0 Å². The largest absolute Gasteiger partial charge is 0.481 e. The molecule has 116 valence electrons. The number of amides is 1. The van der Waals surface area contributed by atoms with Gasteiger partial charge in [-0.1, -0.05) is 12.1 Å². The van der Waals surface area contributed by atoms with Gasteiger partial charge in [-0.2, -0.15) is 13.2 Å². The second-order valence-electron chi connectivity index (χ2n) is 4.66. The lowest BCUT2D eigenvalue weighted by molar-refractivity contribution is -0.138. The molecule has 0 aliphatic rings. The second-order valence-corrected chi connectivity index (χ2v) is 4.66. The normalized spacial score (nSPS) is 12.8. The van der Waals surface area contributed by atoms with E-state index in [4.69, 9.17) is 5.11 Å². The van der Waals surface area contributed by atoms with Gasteiger partial charge in [0.2, 0.25) is 5.91 Å². The first kappa shape index (κ1) is 17.0. The third-order valence-electron chi connectivity index (χ3n) is 2.89. The number of hydrogen-bond donors (Lipinski definition) is 2. The number of nitrogens with one attached hydrogen (secondary N) is 1. The molecule has 2 N–H and O–H groups in total. The van der Waals surface area contributed by atoms with Gasteiger partial charge in [0.1, 0.15) is 0 Å². The average molecular weight is 303 g/mol. The van der Waals surface area contributed by atoms with Crippen molar-refractivity contribution in [2.75, 3.05) is 0 Å². The zero-order valence-corrected chi connectivity index (χ0v) is 11.4. The summed E-state index contributed by atoms with van der Waals surface area (Å²) in [6.07, 6.45) is -4.33. The topological polar surface area (TPSA) is 66.4 Å². The molecule has 1 atom stereocenters. The molecule has 0 radical (unpaired) electrons. The van der Waals surface area contributed by atoms with E-state index in [9.17, 15) is 22.8 Å². The first-order valence-electron chi connectivity index (χ1n) is 6.38. The molecule has 0 saturated carbocycles. The number of halogens is 3. The fourth-order valence-corrected chi connectivity index (χ4v) is 1.78. The van der Waals surface area contributed by atoms with Crippen LogP contribution in [0.1, 0.15) is 43.4 Å². The molecule has 21 heavy (non-hydrogen) atoms. The summed E-state index contributed by atoms with van der Waals surface area (Å²) in [5.41, 5.74) is -0.427. The first-order chi connectivity index (χ1) is 9.70. The molecular weight excluding hydrogens is 287 g/mol. The second kappa shape index (κ2) is 7.10. The predicted molar refractivity (Wildman–Crippen MR) is 69.5 cm³/mol. The number of carboxylic acids is 1. The summed E-state index contributed by atoms with van der Waals surface area (Å²) in [6.45, 7) is 1.57. The maximum Gasteiger partial charge on any atom is 0.416 e. The summed E-state index contributed by atoms with van der Waals surface area (Å²) < 4.78 is 37.8. The quantitative estimate of drug-likeness (QED) is 0.848. The lowest BCUT2D eigenvalue weighted by Crippen LogP contribution is -2.26. The van der Waals surface area contributed by atoms with Gasteiger partial charge in [0.05, 0.1) is 11.6 Å². The molecule has 0 bridgehead atoms. The van der Waals surface area contributed by atoms with Gasteiger partial charge in [0.15, 0.2) is 0 Å². The highest BCUT2D eigenvalue weighted by molar-refractivity contribution is 5.77. The smallest absolute Gasteiger partial charge is 0.416 e. The van der Waals surface area contributed by atoms with Crippen molar-refractivity contribution in [1.82, 2.24) is 5.32 Å². The molecule has 1 rings (SSSR count). The molecule has 1 unspecified atom stereocenters. The Morgan fingerprint density at radius 2 is 1.95 bits per heavy atom. The highest BCUT2D eigenvalue weighted by Crippen LogP contribution is 2.30. The lowest BCUT2D eigenvalue weighted by Gasteiger charge is -2.16. The summed E-state index contributed by atoms with van der Waals surface area (Å²) in [7, 11) is 0. The van der Waals surface area contributed by atoms with Gasteiger partial charge < -0.3 is 10.4 Å². The molecule has 0 aromatic heterocycles. The molecule has 4 nitrogen and oxygen atoms in total. The Morgan fingerprint density at radius 3 is 2.52 bits per heavy atom. The number of alkyl halides is 3. The van der Waals surface area contributed by atoms with Gasteiger partial charge in [-0.25, -0.2) is 0 Å². The number of carbonyl (C=O) groups excluding carboxylic acids is 1. The molecule has 1 aromatic carbocycles. The van der Waals surface area contributed by atoms with Crippen molar-refractivity contribution < 1.29 is 27.9 Å². The van der Waals surface area contributed by atoms with E-state index in [1.54, 1.807) is 6.92 Å². The van der Waals surface area contributed by atoms with Crippen LogP contribution in [0.4, 0.5) is 13.2 Å². The number of hydrogen-bond acceptors (Lipinski definition) is 2. The van der Waals surface area contributed by atoms with Gasteiger partial charge in [-0.05, 0) is 31.0 Å². The Morgan fingerprint density at radius 1 is 1.29 bits per heavy atom.